The molecule has 1 amide bonds. The Balaban J connectivity index is 1.71. The van der Waals surface area contributed by atoms with E-state index in [0.717, 1.165) is 12.1 Å². The first-order chi connectivity index (χ1) is 14.0. The Morgan fingerprint density at radius 3 is 2.45 bits per heavy atom. The molecular formula is C20H16F2N4O3. The highest BCUT2D eigenvalue weighted by molar-refractivity contribution is 6.04. The lowest BCUT2D eigenvalue weighted by Crippen LogP contribution is -2.13. The highest BCUT2D eigenvalue weighted by Gasteiger charge is 2.14. The van der Waals surface area contributed by atoms with Crippen LogP contribution < -0.4 is 10.6 Å². The number of ether oxygens (including phenoxy) is 1. The van der Waals surface area contributed by atoms with Crippen LogP contribution in [0.4, 0.5) is 26.1 Å². The van der Waals surface area contributed by atoms with Crippen LogP contribution in [0, 0.1) is 11.6 Å². The predicted molar refractivity (Wildman–Crippen MR) is 102 cm³/mol. The first-order valence-corrected chi connectivity index (χ1v) is 8.59. The topological polar surface area (TPSA) is 93.2 Å². The number of rotatable bonds is 6. The van der Waals surface area contributed by atoms with E-state index >= 15 is 0 Å². The van der Waals surface area contributed by atoms with E-state index < -0.39 is 23.5 Å². The Morgan fingerprint density at radius 2 is 1.76 bits per heavy atom. The third-order valence-electron chi connectivity index (χ3n) is 3.76. The van der Waals surface area contributed by atoms with Crippen LogP contribution in [-0.4, -0.2) is 28.5 Å². The van der Waals surface area contributed by atoms with Crippen molar-refractivity contribution in [1.82, 2.24) is 9.97 Å². The Morgan fingerprint density at radius 1 is 1.03 bits per heavy atom. The summed E-state index contributed by atoms with van der Waals surface area (Å²) in [6, 6.07) is 9.72. The molecule has 7 nitrogen and oxygen atoms in total. The van der Waals surface area contributed by atoms with Crippen molar-refractivity contribution in [1.29, 1.82) is 0 Å². The molecule has 1 aromatic heterocycles. The van der Waals surface area contributed by atoms with E-state index in [4.69, 9.17) is 4.74 Å². The fraction of sp³-hybridized carbons (Fsp3) is 0.100. The number of hydrogen-bond donors (Lipinski definition) is 2. The average Bonchev–Trinajstić information content (AvgIpc) is 2.72. The van der Waals surface area contributed by atoms with E-state index in [-0.39, 0.29) is 23.8 Å². The summed E-state index contributed by atoms with van der Waals surface area (Å²) in [5.74, 6) is -3.00. The second-order valence-corrected chi connectivity index (χ2v) is 5.77. The highest BCUT2D eigenvalue weighted by Crippen LogP contribution is 2.20. The van der Waals surface area contributed by atoms with E-state index in [9.17, 15) is 18.4 Å². The summed E-state index contributed by atoms with van der Waals surface area (Å²) in [4.78, 5) is 32.3. The van der Waals surface area contributed by atoms with Gasteiger partial charge in [-0.2, -0.15) is 0 Å². The first kappa shape index (κ1) is 19.9. The van der Waals surface area contributed by atoms with Crippen molar-refractivity contribution < 1.29 is 23.1 Å². The Bertz CT molecular complexity index is 1040. The van der Waals surface area contributed by atoms with Crippen molar-refractivity contribution in [2.24, 2.45) is 0 Å². The van der Waals surface area contributed by atoms with Gasteiger partial charge in [-0.3, -0.25) is 4.79 Å². The molecule has 29 heavy (non-hydrogen) atoms. The number of anilines is 3. The van der Waals surface area contributed by atoms with Crippen LogP contribution in [0.15, 0.2) is 54.9 Å². The minimum atomic E-state index is -1.07. The maximum Gasteiger partial charge on any atom is 0.340 e. The fourth-order valence-corrected chi connectivity index (χ4v) is 2.39. The van der Waals surface area contributed by atoms with Crippen molar-refractivity contribution in [2.75, 3.05) is 17.2 Å². The summed E-state index contributed by atoms with van der Waals surface area (Å²) in [6.07, 6.45) is 2.52. The van der Waals surface area contributed by atoms with Gasteiger partial charge in [0.25, 0.3) is 5.91 Å². The van der Waals surface area contributed by atoms with Crippen LogP contribution >= 0.6 is 0 Å². The molecule has 148 valence electrons. The maximum atomic E-state index is 13.2. The lowest BCUT2D eigenvalue weighted by Gasteiger charge is -2.10. The van der Waals surface area contributed by atoms with E-state index in [1.54, 1.807) is 31.2 Å². The monoisotopic (exact) mass is 398 g/mol. The standard InChI is InChI=1S/C20H16F2N4O3/c1-2-29-19(28)14-5-3-4-6-17(14)26-20-23-10-12(11-24-20)18(27)25-13-7-8-15(21)16(22)9-13/h3-11H,2H2,1H3,(H,25,27)(H,23,24,26). The summed E-state index contributed by atoms with van der Waals surface area (Å²) >= 11 is 0. The molecule has 2 N–H and O–H groups in total. The van der Waals surface area contributed by atoms with Crippen molar-refractivity contribution in [3.63, 3.8) is 0 Å². The number of nitrogens with one attached hydrogen (secondary N) is 2. The molecule has 1 heterocycles. The molecule has 0 unspecified atom stereocenters. The number of benzene rings is 2. The number of aromatic nitrogens is 2. The molecule has 9 heteroatoms. The Labute approximate surface area is 164 Å². The molecule has 3 rings (SSSR count). The molecular weight excluding hydrogens is 382 g/mol. The second-order valence-electron chi connectivity index (χ2n) is 5.77. The second kappa shape index (κ2) is 8.87. The van der Waals surface area contributed by atoms with Gasteiger partial charge in [0.2, 0.25) is 5.95 Å². The number of carbonyl (C=O) groups excluding carboxylic acids is 2. The smallest absolute Gasteiger partial charge is 0.340 e. The van der Waals surface area contributed by atoms with Gasteiger partial charge in [0.1, 0.15) is 0 Å². The maximum absolute atomic E-state index is 13.2. The summed E-state index contributed by atoms with van der Waals surface area (Å²) < 4.78 is 31.2. The van der Waals surface area contributed by atoms with Crippen LogP contribution in [-0.2, 0) is 4.74 Å². The first-order valence-electron chi connectivity index (χ1n) is 8.59. The van der Waals surface area contributed by atoms with E-state index in [2.05, 4.69) is 20.6 Å². The lowest BCUT2D eigenvalue weighted by atomic mass is 10.2. The summed E-state index contributed by atoms with van der Waals surface area (Å²) in [6.45, 7) is 1.95. The largest absolute Gasteiger partial charge is 0.462 e. The minimum absolute atomic E-state index is 0.0967. The minimum Gasteiger partial charge on any atom is -0.462 e. The third-order valence-corrected chi connectivity index (χ3v) is 3.76. The number of esters is 1. The number of nitrogens with zero attached hydrogens (tertiary/aromatic N) is 2. The van der Waals surface area contributed by atoms with Crippen LogP contribution in [0.5, 0.6) is 0 Å². The molecule has 0 saturated heterocycles. The summed E-state index contributed by atoms with van der Waals surface area (Å²) in [5.41, 5.74) is 0.974. The van der Waals surface area contributed by atoms with Gasteiger partial charge >= 0.3 is 5.97 Å². The van der Waals surface area contributed by atoms with Gasteiger partial charge in [0, 0.05) is 24.1 Å². The normalized spacial score (nSPS) is 10.3. The zero-order valence-corrected chi connectivity index (χ0v) is 15.3. The number of carbonyl (C=O) groups is 2. The lowest BCUT2D eigenvalue weighted by molar-refractivity contribution is 0.0527. The van der Waals surface area contributed by atoms with Crippen LogP contribution in [0.3, 0.4) is 0 Å². The SMILES string of the molecule is CCOC(=O)c1ccccc1Nc1ncc(C(=O)Nc2ccc(F)c(F)c2)cn1. The van der Waals surface area contributed by atoms with Crippen molar-refractivity contribution in [3.8, 4) is 0 Å². The van der Waals surface area contributed by atoms with Gasteiger partial charge in [0.05, 0.1) is 23.4 Å². The third kappa shape index (κ3) is 4.89. The molecule has 0 fully saturated rings. The Kier molecular flexibility index (Phi) is 6.08. The van der Waals surface area contributed by atoms with Gasteiger partial charge in [-0.1, -0.05) is 12.1 Å². The Hall–Kier alpha value is -3.88. The van der Waals surface area contributed by atoms with Crippen molar-refractivity contribution >= 4 is 29.2 Å². The summed E-state index contributed by atoms with van der Waals surface area (Å²) in [5, 5.41) is 5.32. The molecule has 0 aliphatic heterocycles. The zero-order valence-electron chi connectivity index (χ0n) is 15.3. The van der Waals surface area contributed by atoms with Gasteiger partial charge < -0.3 is 15.4 Å². The zero-order chi connectivity index (χ0) is 20.8. The number of halogens is 2. The molecule has 0 radical (unpaired) electrons. The van der Waals surface area contributed by atoms with Crippen LogP contribution in [0.2, 0.25) is 0 Å². The molecule has 0 saturated carbocycles. The molecule has 2 aromatic carbocycles. The molecule has 0 bridgehead atoms. The fourth-order valence-electron chi connectivity index (χ4n) is 2.39. The van der Waals surface area contributed by atoms with Crippen molar-refractivity contribution in [2.45, 2.75) is 6.92 Å². The van der Waals surface area contributed by atoms with Crippen LogP contribution in [0.25, 0.3) is 0 Å². The number of para-hydroxylation sites is 1. The number of hydrogen-bond acceptors (Lipinski definition) is 6. The average molecular weight is 398 g/mol. The number of amides is 1. The molecule has 0 atom stereocenters. The molecule has 0 spiro atoms. The van der Waals surface area contributed by atoms with Gasteiger partial charge in [-0.05, 0) is 31.2 Å². The van der Waals surface area contributed by atoms with E-state index in [0.29, 0.717) is 11.3 Å². The quantitative estimate of drug-likeness (QED) is 0.611. The van der Waals surface area contributed by atoms with E-state index in [1.165, 1.54) is 18.5 Å². The molecule has 0 aliphatic rings. The highest BCUT2D eigenvalue weighted by atomic mass is 19.2. The molecule has 3 aromatic rings. The predicted octanol–water partition coefficient (Wildman–Crippen LogP) is 3.93. The van der Waals surface area contributed by atoms with Crippen molar-refractivity contribution in [3.05, 3.63) is 77.6 Å². The summed E-state index contributed by atoms with van der Waals surface area (Å²) in [7, 11) is 0. The molecule has 0 aliphatic carbocycles. The van der Waals surface area contributed by atoms with E-state index in [1.807, 2.05) is 0 Å². The van der Waals surface area contributed by atoms with Gasteiger partial charge in [-0.25, -0.2) is 23.5 Å². The van der Waals surface area contributed by atoms with Crippen LogP contribution in [0.1, 0.15) is 27.6 Å². The van der Waals surface area contributed by atoms with Gasteiger partial charge in [0.15, 0.2) is 11.6 Å². The van der Waals surface area contributed by atoms with Gasteiger partial charge in [-0.15, -0.1) is 0 Å².